The van der Waals surface area contributed by atoms with E-state index in [0.29, 0.717) is 17.6 Å². The van der Waals surface area contributed by atoms with Crippen molar-refractivity contribution in [1.29, 1.82) is 0 Å². The van der Waals surface area contributed by atoms with Gasteiger partial charge in [0, 0.05) is 11.8 Å². The van der Waals surface area contributed by atoms with Gasteiger partial charge in [0.15, 0.2) is 0 Å². The molecule has 3 rings (SSSR count). The Bertz CT molecular complexity index is 395. The molecule has 15 heavy (non-hydrogen) atoms. The molecule has 2 aliphatic carbocycles. The quantitative estimate of drug-likeness (QED) is 0.680. The van der Waals surface area contributed by atoms with E-state index in [1.807, 2.05) is 6.07 Å². The second-order valence-corrected chi connectivity index (χ2v) is 5.29. The van der Waals surface area contributed by atoms with Gasteiger partial charge in [0.1, 0.15) is 5.78 Å². The Morgan fingerprint density at radius 3 is 2.67 bits per heavy atom. The minimum atomic E-state index is 0.0747. The van der Waals surface area contributed by atoms with Gasteiger partial charge >= 0.3 is 0 Å². The summed E-state index contributed by atoms with van der Waals surface area (Å²) in [5, 5.41) is 0. The molecule has 0 spiro atoms. The van der Waals surface area contributed by atoms with Crippen LogP contribution in [0, 0.1) is 11.3 Å². The molecule has 1 heteroatoms. The minimum Gasteiger partial charge on any atom is -0.299 e. The van der Waals surface area contributed by atoms with Crippen LogP contribution in [-0.2, 0) is 4.79 Å². The van der Waals surface area contributed by atoms with Crippen molar-refractivity contribution in [1.82, 2.24) is 0 Å². The summed E-state index contributed by atoms with van der Waals surface area (Å²) in [5.41, 5.74) is 1.42. The first-order valence-electron chi connectivity index (χ1n) is 5.78. The van der Waals surface area contributed by atoms with E-state index in [4.69, 9.17) is 0 Å². The highest BCUT2D eigenvalue weighted by Crippen LogP contribution is 2.61. The monoisotopic (exact) mass is 200 g/mol. The number of carbonyl (C=O) groups excluding carboxylic acids is 1. The summed E-state index contributed by atoms with van der Waals surface area (Å²) in [5.74, 6) is 1.65. The van der Waals surface area contributed by atoms with Crippen LogP contribution in [0.4, 0.5) is 0 Å². The van der Waals surface area contributed by atoms with Gasteiger partial charge in [-0.3, -0.25) is 4.79 Å². The van der Waals surface area contributed by atoms with E-state index in [0.717, 1.165) is 12.8 Å². The molecule has 0 radical (unpaired) electrons. The maximum Gasteiger partial charge on any atom is 0.139 e. The van der Waals surface area contributed by atoms with Crippen LogP contribution in [0.15, 0.2) is 30.3 Å². The highest BCUT2D eigenvalue weighted by atomic mass is 16.1. The maximum atomic E-state index is 11.9. The zero-order valence-corrected chi connectivity index (χ0v) is 9.07. The average Bonchev–Trinajstić information content (AvgIpc) is 2.92. The van der Waals surface area contributed by atoms with Crippen LogP contribution in [0.1, 0.15) is 37.7 Å². The topological polar surface area (TPSA) is 17.1 Å². The number of ketones is 1. The van der Waals surface area contributed by atoms with Gasteiger partial charge < -0.3 is 0 Å². The smallest absolute Gasteiger partial charge is 0.139 e. The highest BCUT2D eigenvalue weighted by molar-refractivity contribution is 5.89. The highest BCUT2D eigenvalue weighted by Gasteiger charge is 2.58. The summed E-state index contributed by atoms with van der Waals surface area (Å²) in [6, 6.07) is 10.5. The fraction of sp³-hybridized carbons (Fsp3) is 0.500. The molecule has 0 bridgehead atoms. The molecule has 2 aliphatic rings. The van der Waals surface area contributed by atoms with Gasteiger partial charge in [-0.25, -0.2) is 0 Å². The van der Waals surface area contributed by atoms with E-state index in [2.05, 4.69) is 31.2 Å². The molecular weight excluding hydrogens is 184 g/mol. The fourth-order valence-electron chi connectivity index (χ4n) is 3.00. The summed E-state index contributed by atoms with van der Waals surface area (Å²) in [4.78, 5) is 11.9. The van der Waals surface area contributed by atoms with Crippen LogP contribution < -0.4 is 0 Å². The lowest BCUT2D eigenvalue weighted by molar-refractivity contribution is -0.125. The largest absolute Gasteiger partial charge is 0.299 e. The van der Waals surface area contributed by atoms with Gasteiger partial charge in [0.25, 0.3) is 0 Å². The van der Waals surface area contributed by atoms with Crippen LogP contribution in [0.5, 0.6) is 0 Å². The average molecular weight is 200 g/mol. The van der Waals surface area contributed by atoms with E-state index in [9.17, 15) is 4.79 Å². The molecular formula is C14H16O. The third-order valence-corrected chi connectivity index (χ3v) is 4.32. The molecule has 0 aliphatic heterocycles. The Labute approximate surface area is 90.5 Å². The van der Waals surface area contributed by atoms with Crippen molar-refractivity contribution in [3.8, 4) is 0 Å². The van der Waals surface area contributed by atoms with Crippen molar-refractivity contribution in [2.45, 2.75) is 32.1 Å². The van der Waals surface area contributed by atoms with Gasteiger partial charge in [0.05, 0.1) is 0 Å². The minimum absolute atomic E-state index is 0.0747. The van der Waals surface area contributed by atoms with Crippen molar-refractivity contribution in [3.63, 3.8) is 0 Å². The number of benzene rings is 1. The molecule has 1 aromatic rings. The number of fused-ring (bicyclic) bond motifs is 1. The molecule has 2 saturated carbocycles. The van der Waals surface area contributed by atoms with Crippen LogP contribution in [0.25, 0.3) is 0 Å². The molecule has 2 fully saturated rings. The van der Waals surface area contributed by atoms with E-state index < -0.39 is 0 Å². The molecule has 0 heterocycles. The normalized spacial score (nSPS) is 38.6. The van der Waals surface area contributed by atoms with Crippen molar-refractivity contribution in [3.05, 3.63) is 35.9 Å². The zero-order valence-electron chi connectivity index (χ0n) is 9.07. The molecule has 0 saturated heterocycles. The van der Waals surface area contributed by atoms with E-state index in [1.165, 1.54) is 12.0 Å². The second-order valence-electron chi connectivity index (χ2n) is 5.29. The molecule has 0 N–H and O–H groups in total. The SMILES string of the molecule is C[C@]12C[C@H]1C[C@@H](c1ccccc1)CC2=O. The van der Waals surface area contributed by atoms with Crippen molar-refractivity contribution in [2.75, 3.05) is 0 Å². The van der Waals surface area contributed by atoms with Crippen LogP contribution >= 0.6 is 0 Å². The summed E-state index contributed by atoms with van der Waals surface area (Å²) >= 11 is 0. The lowest BCUT2D eigenvalue weighted by atomic mass is 9.78. The summed E-state index contributed by atoms with van der Waals surface area (Å²) in [6.45, 7) is 2.14. The van der Waals surface area contributed by atoms with Crippen LogP contribution in [0.3, 0.4) is 0 Å². The molecule has 0 unspecified atom stereocenters. The van der Waals surface area contributed by atoms with Gasteiger partial charge in [-0.05, 0) is 30.2 Å². The maximum absolute atomic E-state index is 11.9. The first-order valence-corrected chi connectivity index (χ1v) is 5.78. The predicted molar refractivity (Wildman–Crippen MR) is 59.6 cm³/mol. The second kappa shape index (κ2) is 2.94. The molecule has 78 valence electrons. The van der Waals surface area contributed by atoms with E-state index in [-0.39, 0.29) is 5.41 Å². The predicted octanol–water partition coefficient (Wildman–Crippen LogP) is 3.16. The standard InChI is InChI=1S/C14H16O/c1-14-9-12(14)7-11(8-13(14)15)10-5-3-2-4-6-10/h2-6,11-12H,7-9H2,1H3/t11-,12-,14+/m1/s1. The number of carbonyl (C=O) groups is 1. The molecule has 0 amide bonds. The van der Waals surface area contributed by atoms with Gasteiger partial charge in [-0.15, -0.1) is 0 Å². The lowest BCUT2D eigenvalue weighted by Gasteiger charge is -2.24. The Kier molecular flexibility index (Phi) is 1.79. The summed E-state index contributed by atoms with van der Waals surface area (Å²) < 4.78 is 0. The number of hydrogen-bond acceptors (Lipinski definition) is 1. The molecule has 1 aromatic carbocycles. The first-order chi connectivity index (χ1) is 7.20. The lowest BCUT2D eigenvalue weighted by Crippen LogP contribution is -2.23. The first kappa shape index (κ1) is 9.14. The van der Waals surface area contributed by atoms with Crippen molar-refractivity contribution < 1.29 is 4.79 Å². The number of rotatable bonds is 1. The molecule has 0 aromatic heterocycles. The zero-order chi connectivity index (χ0) is 10.5. The van der Waals surface area contributed by atoms with Gasteiger partial charge in [-0.1, -0.05) is 37.3 Å². The van der Waals surface area contributed by atoms with Crippen LogP contribution in [0.2, 0.25) is 0 Å². The third kappa shape index (κ3) is 1.33. The Morgan fingerprint density at radius 2 is 2.00 bits per heavy atom. The molecule has 3 atom stereocenters. The Hall–Kier alpha value is -1.11. The van der Waals surface area contributed by atoms with E-state index >= 15 is 0 Å². The molecule has 1 nitrogen and oxygen atoms in total. The number of Topliss-reactive ketones (excluding diaryl/α,β-unsaturated/α-hetero) is 1. The van der Waals surface area contributed by atoms with Crippen molar-refractivity contribution in [2.24, 2.45) is 11.3 Å². The summed E-state index contributed by atoms with van der Waals surface area (Å²) in [7, 11) is 0. The third-order valence-electron chi connectivity index (χ3n) is 4.32. The van der Waals surface area contributed by atoms with Crippen LogP contribution in [-0.4, -0.2) is 5.78 Å². The number of hydrogen-bond donors (Lipinski definition) is 0. The Balaban J connectivity index is 1.84. The van der Waals surface area contributed by atoms with Gasteiger partial charge in [-0.2, -0.15) is 0 Å². The van der Waals surface area contributed by atoms with Gasteiger partial charge in [0.2, 0.25) is 0 Å². The van der Waals surface area contributed by atoms with Crippen molar-refractivity contribution >= 4 is 5.78 Å². The van der Waals surface area contributed by atoms with E-state index in [1.54, 1.807) is 0 Å². The summed E-state index contributed by atoms with van der Waals surface area (Å²) in [6.07, 6.45) is 3.11. The Morgan fingerprint density at radius 1 is 1.27 bits per heavy atom. The fourth-order valence-corrected chi connectivity index (χ4v) is 3.00.